The Balaban J connectivity index is 2.70. The quantitative estimate of drug-likeness (QED) is 0.664. The van der Waals surface area contributed by atoms with Gasteiger partial charge in [0.2, 0.25) is 0 Å². The number of hydrogen-bond acceptors (Lipinski definition) is 5. The average molecular weight is 239 g/mol. The summed E-state index contributed by atoms with van der Waals surface area (Å²) in [4.78, 5) is 25.8. The van der Waals surface area contributed by atoms with Crippen LogP contribution in [0.3, 0.4) is 0 Å². The van der Waals surface area contributed by atoms with Crippen LogP contribution in [0, 0.1) is 0 Å². The van der Waals surface area contributed by atoms with E-state index in [2.05, 4.69) is 15.0 Å². The van der Waals surface area contributed by atoms with E-state index in [9.17, 15) is 9.59 Å². The standard InChI is InChI=1S/C10H13N3O4/c1-6(14)5-13-9(15)8-4-7(2-3-12-8)17-10(11)16/h2-4,6,14H,5H2,1H3,(H2,11,16)(H,13,15)/t6-/m0/s1. The van der Waals surface area contributed by atoms with Crippen molar-refractivity contribution in [1.29, 1.82) is 0 Å². The second kappa shape index (κ2) is 5.80. The van der Waals surface area contributed by atoms with Crippen LogP contribution >= 0.6 is 0 Å². The number of carbonyl (C=O) groups excluding carboxylic acids is 2. The van der Waals surface area contributed by atoms with Crippen LogP contribution in [-0.2, 0) is 0 Å². The van der Waals surface area contributed by atoms with Gasteiger partial charge in [-0.05, 0) is 13.0 Å². The minimum Gasteiger partial charge on any atom is -0.410 e. The van der Waals surface area contributed by atoms with Crippen molar-refractivity contribution in [2.45, 2.75) is 13.0 Å². The van der Waals surface area contributed by atoms with Crippen LogP contribution in [0.1, 0.15) is 17.4 Å². The molecule has 0 fully saturated rings. The average Bonchev–Trinajstić information content (AvgIpc) is 2.25. The maximum absolute atomic E-state index is 11.5. The monoisotopic (exact) mass is 239 g/mol. The van der Waals surface area contributed by atoms with Crippen LogP contribution in [0.5, 0.6) is 5.75 Å². The molecule has 4 N–H and O–H groups in total. The summed E-state index contributed by atoms with van der Waals surface area (Å²) < 4.78 is 4.60. The number of amides is 2. The van der Waals surface area contributed by atoms with Crippen molar-refractivity contribution in [1.82, 2.24) is 10.3 Å². The Hall–Kier alpha value is -2.15. The Labute approximate surface area is 97.6 Å². The van der Waals surface area contributed by atoms with E-state index in [1.165, 1.54) is 18.3 Å². The summed E-state index contributed by atoms with van der Waals surface area (Å²) in [6.07, 6.45) is -0.300. The number of nitrogens with zero attached hydrogens (tertiary/aromatic N) is 1. The molecule has 0 aliphatic carbocycles. The molecule has 92 valence electrons. The second-order valence-corrected chi connectivity index (χ2v) is 3.36. The molecule has 0 saturated carbocycles. The van der Waals surface area contributed by atoms with Gasteiger partial charge in [0, 0.05) is 18.8 Å². The molecule has 7 nitrogen and oxygen atoms in total. The number of aromatic nitrogens is 1. The molecule has 0 spiro atoms. The Bertz CT molecular complexity index is 420. The molecule has 1 atom stereocenters. The first-order chi connectivity index (χ1) is 7.99. The molecule has 2 amide bonds. The number of aliphatic hydroxyl groups is 1. The second-order valence-electron chi connectivity index (χ2n) is 3.36. The first-order valence-corrected chi connectivity index (χ1v) is 4.88. The van der Waals surface area contributed by atoms with Crippen LogP contribution in [0.15, 0.2) is 18.3 Å². The maximum Gasteiger partial charge on any atom is 0.409 e. The SMILES string of the molecule is C[C@H](O)CNC(=O)c1cc(OC(N)=O)ccn1. The highest BCUT2D eigenvalue weighted by atomic mass is 16.5. The molecule has 1 heterocycles. The van der Waals surface area contributed by atoms with Crippen molar-refractivity contribution < 1.29 is 19.4 Å². The number of carbonyl (C=O) groups is 2. The topological polar surface area (TPSA) is 115 Å². The lowest BCUT2D eigenvalue weighted by Crippen LogP contribution is -2.31. The van der Waals surface area contributed by atoms with Gasteiger partial charge in [-0.3, -0.25) is 9.78 Å². The Kier molecular flexibility index (Phi) is 4.41. The number of rotatable bonds is 4. The first kappa shape index (κ1) is 12.9. The smallest absolute Gasteiger partial charge is 0.409 e. The number of hydrogen-bond donors (Lipinski definition) is 3. The van der Waals surface area contributed by atoms with Gasteiger partial charge in [-0.2, -0.15) is 0 Å². The van der Waals surface area contributed by atoms with Gasteiger partial charge in [-0.25, -0.2) is 4.79 Å². The van der Waals surface area contributed by atoms with E-state index in [-0.39, 0.29) is 18.0 Å². The zero-order chi connectivity index (χ0) is 12.8. The van der Waals surface area contributed by atoms with Gasteiger partial charge < -0.3 is 20.9 Å². The number of primary amides is 1. The van der Waals surface area contributed by atoms with Crippen molar-refractivity contribution in [2.24, 2.45) is 5.73 Å². The number of ether oxygens (including phenoxy) is 1. The van der Waals surface area contributed by atoms with Gasteiger partial charge in [0.05, 0.1) is 6.10 Å². The van der Waals surface area contributed by atoms with Gasteiger partial charge in [-0.1, -0.05) is 0 Å². The first-order valence-electron chi connectivity index (χ1n) is 4.88. The van der Waals surface area contributed by atoms with E-state index < -0.39 is 18.1 Å². The third-order valence-corrected chi connectivity index (χ3v) is 1.74. The molecule has 1 rings (SSSR count). The highest BCUT2D eigenvalue weighted by Gasteiger charge is 2.09. The molecule has 0 unspecified atom stereocenters. The van der Waals surface area contributed by atoms with E-state index >= 15 is 0 Å². The molecular formula is C10H13N3O4. The molecule has 1 aromatic rings. The predicted molar refractivity (Wildman–Crippen MR) is 58.5 cm³/mol. The van der Waals surface area contributed by atoms with E-state index in [0.717, 1.165) is 0 Å². The largest absolute Gasteiger partial charge is 0.410 e. The molecule has 0 aliphatic rings. The van der Waals surface area contributed by atoms with E-state index in [4.69, 9.17) is 10.8 Å². The molecular weight excluding hydrogens is 226 g/mol. The van der Waals surface area contributed by atoms with Crippen LogP contribution < -0.4 is 15.8 Å². The van der Waals surface area contributed by atoms with E-state index in [1.807, 2.05) is 0 Å². The number of pyridine rings is 1. The third kappa shape index (κ3) is 4.47. The molecule has 0 aromatic carbocycles. The van der Waals surface area contributed by atoms with Crippen molar-refractivity contribution in [3.8, 4) is 5.75 Å². The van der Waals surface area contributed by atoms with Crippen LogP contribution in [0.2, 0.25) is 0 Å². The molecule has 0 saturated heterocycles. The van der Waals surface area contributed by atoms with Crippen LogP contribution in [0.4, 0.5) is 4.79 Å². The summed E-state index contributed by atoms with van der Waals surface area (Å²) in [6, 6.07) is 2.68. The van der Waals surface area contributed by atoms with Gasteiger partial charge in [-0.15, -0.1) is 0 Å². The highest BCUT2D eigenvalue weighted by Crippen LogP contribution is 2.10. The van der Waals surface area contributed by atoms with E-state index in [0.29, 0.717) is 0 Å². The lowest BCUT2D eigenvalue weighted by Gasteiger charge is -2.07. The fraction of sp³-hybridized carbons (Fsp3) is 0.300. The molecule has 7 heteroatoms. The molecule has 1 aromatic heterocycles. The molecule has 0 bridgehead atoms. The van der Waals surface area contributed by atoms with Crippen molar-refractivity contribution >= 4 is 12.0 Å². The minimum absolute atomic E-state index is 0.0735. The summed E-state index contributed by atoms with van der Waals surface area (Å²) >= 11 is 0. The summed E-state index contributed by atoms with van der Waals surface area (Å²) in [6.45, 7) is 1.65. The maximum atomic E-state index is 11.5. The lowest BCUT2D eigenvalue weighted by atomic mass is 10.3. The zero-order valence-corrected chi connectivity index (χ0v) is 9.21. The van der Waals surface area contributed by atoms with Crippen LogP contribution in [-0.4, -0.2) is 34.7 Å². The summed E-state index contributed by atoms with van der Waals surface area (Å²) in [5, 5.41) is 11.5. The van der Waals surface area contributed by atoms with Gasteiger partial charge in [0.1, 0.15) is 11.4 Å². The number of aliphatic hydroxyl groups excluding tert-OH is 1. The third-order valence-electron chi connectivity index (χ3n) is 1.74. The Morgan fingerprint density at radius 2 is 2.35 bits per heavy atom. The number of nitrogens with one attached hydrogen (secondary N) is 1. The van der Waals surface area contributed by atoms with Gasteiger partial charge in [0.25, 0.3) is 5.91 Å². The molecule has 0 radical (unpaired) electrons. The van der Waals surface area contributed by atoms with Gasteiger partial charge >= 0.3 is 6.09 Å². The normalized spacial score (nSPS) is 11.6. The zero-order valence-electron chi connectivity index (χ0n) is 9.21. The Morgan fingerprint density at radius 3 is 2.94 bits per heavy atom. The highest BCUT2D eigenvalue weighted by molar-refractivity contribution is 5.92. The van der Waals surface area contributed by atoms with Crippen LogP contribution in [0.25, 0.3) is 0 Å². The summed E-state index contributed by atoms with van der Waals surface area (Å²) in [5.74, 6) is -0.337. The van der Waals surface area contributed by atoms with Crippen molar-refractivity contribution in [3.63, 3.8) is 0 Å². The van der Waals surface area contributed by atoms with Crippen molar-refractivity contribution in [2.75, 3.05) is 6.54 Å². The molecule has 17 heavy (non-hydrogen) atoms. The minimum atomic E-state index is -0.966. The fourth-order valence-corrected chi connectivity index (χ4v) is 1.05. The Morgan fingerprint density at radius 1 is 1.65 bits per heavy atom. The summed E-state index contributed by atoms with van der Waals surface area (Å²) in [7, 11) is 0. The number of nitrogens with two attached hydrogens (primary N) is 1. The van der Waals surface area contributed by atoms with Crippen molar-refractivity contribution in [3.05, 3.63) is 24.0 Å². The fourth-order valence-electron chi connectivity index (χ4n) is 1.05. The lowest BCUT2D eigenvalue weighted by molar-refractivity contribution is 0.0918. The summed E-state index contributed by atoms with van der Waals surface area (Å²) in [5.41, 5.74) is 4.91. The van der Waals surface area contributed by atoms with Gasteiger partial charge in [0.15, 0.2) is 0 Å². The predicted octanol–water partition coefficient (Wildman–Crippen LogP) is -0.350. The molecule has 0 aliphatic heterocycles. The van der Waals surface area contributed by atoms with E-state index in [1.54, 1.807) is 6.92 Å².